The summed E-state index contributed by atoms with van der Waals surface area (Å²) in [4.78, 5) is 24.3. The van der Waals surface area contributed by atoms with E-state index in [1.54, 1.807) is 30.3 Å². The van der Waals surface area contributed by atoms with Gasteiger partial charge in [0.2, 0.25) is 0 Å². The van der Waals surface area contributed by atoms with Crippen LogP contribution in [-0.2, 0) is 19.1 Å². The summed E-state index contributed by atoms with van der Waals surface area (Å²) in [5, 5.41) is 0. The first-order chi connectivity index (χ1) is 11.2. The standard InChI is InChI=1S/C19H14O4/c1-22-19(21)17(14-10-6-3-7-11-14)16-12-15(18(20)23-16)13-8-4-2-5-9-13/h2-12H,1H3/b17-16-. The van der Waals surface area contributed by atoms with Crippen LogP contribution in [0, 0.1) is 0 Å². The molecule has 0 atom stereocenters. The first-order valence-corrected chi connectivity index (χ1v) is 7.08. The summed E-state index contributed by atoms with van der Waals surface area (Å²) in [5.74, 6) is -0.833. The fourth-order valence-electron chi connectivity index (χ4n) is 2.38. The van der Waals surface area contributed by atoms with Gasteiger partial charge in [-0.3, -0.25) is 0 Å². The Labute approximate surface area is 133 Å². The third-order valence-electron chi connectivity index (χ3n) is 3.48. The SMILES string of the molecule is COC(=O)/C(=C1/C=C(c2ccccc2)C(=O)O1)c1ccccc1. The lowest BCUT2D eigenvalue weighted by Gasteiger charge is -2.07. The van der Waals surface area contributed by atoms with E-state index in [9.17, 15) is 9.59 Å². The zero-order valence-corrected chi connectivity index (χ0v) is 12.5. The molecule has 0 aromatic heterocycles. The van der Waals surface area contributed by atoms with Gasteiger partial charge < -0.3 is 9.47 Å². The summed E-state index contributed by atoms with van der Waals surface area (Å²) < 4.78 is 10.2. The molecule has 0 aliphatic carbocycles. The van der Waals surface area contributed by atoms with Crippen molar-refractivity contribution in [2.75, 3.05) is 7.11 Å². The molecule has 23 heavy (non-hydrogen) atoms. The number of hydrogen-bond acceptors (Lipinski definition) is 4. The number of allylic oxidation sites excluding steroid dienone is 1. The summed E-state index contributed by atoms with van der Waals surface area (Å²) in [6.07, 6.45) is 1.58. The predicted molar refractivity (Wildman–Crippen MR) is 85.9 cm³/mol. The van der Waals surface area contributed by atoms with Gasteiger partial charge in [0.15, 0.2) is 0 Å². The molecule has 0 unspecified atom stereocenters. The maximum absolute atomic E-state index is 12.2. The van der Waals surface area contributed by atoms with Crippen molar-refractivity contribution in [3.05, 3.63) is 83.6 Å². The van der Waals surface area contributed by atoms with E-state index in [0.29, 0.717) is 11.1 Å². The van der Waals surface area contributed by atoms with E-state index in [2.05, 4.69) is 0 Å². The van der Waals surface area contributed by atoms with Crippen molar-refractivity contribution in [3.8, 4) is 0 Å². The van der Waals surface area contributed by atoms with E-state index in [1.165, 1.54) is 7.11 Å². The summed E-state index contributed by atoms with van der Waals surface area (Å²) in [5.41, 5.74) is 2.02. The van der Waals surface area contributed by atoms with E-state index >= 15 is 0 Å². The Morgan fingerprint density at radius 2 is 1.57 bits per heavy atom. The van der Waals surface area contributed by atoms with Crippen LogP contribution in [0.25, 0.3) is 11.1 Å². The lowest BCUT2D eigenvalue weighted by atomic mass is 10.0. The number of carbonyl (C=O) groups is 2. The van der Waals surface area contributed by atoms with Crippen molar-refractivity contribution >= 4 is 23.1 Å². The fraction of sp³-hybridized carbons (Fsp3) is 0.0526. The lowest BCUT2D eigenvalue weighted by Crippen LogP contribution is -2.08. The topological polar surface area (TPSA) is 52.6 Å². The van der Waals surface area contributed by atoms with Gasteiger partial charge in [0, 0.05) is 0 Å². The Balaban J connectivity index is 2.13. The second-order valence-electron chi connectivity index (χ2n) is 4.91. The summed E-state index contributed by atoms with van der Waals surface area (Å²) >= 11 is 0. The van der Waals surface area contributed by atoms with Crippen LogP contribution >= 0.6 is 0 Å². The number of rotatable bonds is 3. The van der Waals surface area contributed by atoms with E-state index in [-0.39, 0.29) is 11.3 Å². The molecule has 0 amide bonds. The lowest BCUT2D eigenvalue weighted by molar-refractivity contribution is -0.134. The second kappa shape index (κ2) is 6.32. The maximum atomic E-state index is 12.2. The van der Waals surface area contributed by atoms with Crippen LogP contribution in [0.5, 0.6) is 0 Å². The van der Waals surface area contributed by atoms with Crippen LogP contribution in [0.2, 0.25) is 0 Å². The van der Waals surface area contributed by atoms with E-state index < -0.39 is 11.9 Å². The number of ether oxygens (including phenoxy) is 2. The average Bonchev–Trinajstić information content (AvgIpc) is 2.98. The minimum absolute atomic E-state index is 0.201. The van der Waals surface area contributed by atoms with Gasteiger partial charge in [-0.2, -0.15) is 0 Å². The molecule has 1 aliphatic heterocycles. The number of hydrogen-bond donors (Lipinski definition) is 0. The Bertz CT molecular complexity index is 802. The molecule has 0 N–H and O–H groups in total. The summed E-state index contributed by atoms with van der Waals surface area (Å²) in [7, 11) is 1.30. The maximum Gasteiger partial charge on any atom is 0.344 e. The zero-order chi connectivity index (χ0) is 16.2. The van der Waals surface area contributed by atoms with Crippen molar-refractivity contribution in [2.45, 2.75) is 0 Å². The zero-order valence-electron chi connectivity index (χ0n) is 12.5. The van der Waals surface area contributed by atoms with E-state index in [4.69, 9.17) is 9.47 Å². The summed E-state index contributed by atoms with van der Waals surface area (Å²) in [6.45, 7) is 0. The number of esters is 2. The molecule has 0 saturated heterocycles. The van der Waals surface area contributed by atoms with Gasteiger partial charge in [-0.05, 0) is 17.2 Å². The van der Waals surface area contributed by atoms with Gasteiger partial charge in [-0.25, -0.2) is 9.59 Å². The molecule has 2 aromatic rings. The van der Waals surface area contributed by atoms with Gasteiger partial charge in [0.1, 0.15) is 11.3 Å². The molecule has 4 heteroatoms. The molecule has 0 spiro atoms. The highest BCUT2D eigenvalue weighted by Gasteiger charge is 2.28. The van der Waals surface area contributed by atoms with Crippen LogP contribution in [0.15, 0.2) is 72.5 Å². The van der Waals surface area contributed by atoms with Crippen molar-refractivity contribution < 1.29 is 19.1 Å². The number of cyclic esters (lactones) is 1. The van der Waals surface area contributed by atoms with Crippen molar-refractivity contribution in [2.24, 2.45) is 0 Å². The Kier molecular flexibility index (Phi) is 4.06. The third kappa shape index (κ3) is 2.92. The van der Waals surface area contributed by atoms with E-state index in [1.807, 2.05) is 36.4 Å². The average molecular weight is 306 g/mol. The minimum Gasteiger partial charge on any atom is -0.465 e. The highest BCUT2D eigenvalue weighted by atomic mass is 16.5. The minimum atomic E-state index is -0.551. The number of methoxy groups -OCH3 is 1. The van der Waals surface area contributed by atoms with Crippen LogP contribution in [0.3, 0.4) is 0 Å². The molecular formula is C19H14O4. The Hall–Kier alpha value is -3.14. The van der Waals surface area contributed by atoms with Gasteiger partial charge in [-0.15, -0.1) is 0 Å². The molecule has 114 valence electrons. The molecule has 1 aliphatic rings. The Morgan fingerprint density at radius 1 is 0.957 bits per heavy atom. The largest absolute Gasteiger partial charge is 0.465 e. The molecule has 4 nitrogen and oxygen atoms in total. The smallest absolute Gasteiger partial charge is 0.344 e. The molecule has 3 rings (SSSR count). The van der Waals surface area contributed by atoms with Crippen LogP contribution in [-0.4, -0.2) is 19.0 Å². The first kappa shape index (κ1) is 14.8. The second-order valence-corrected chi connectivity index (χ2v) is 4.91. The highest BCUT2D eigenvalue weighted by Crippen LogP contribution is 2.31. The molecule has 2 aromatic carbocycles. The van der Waals surface area contributed by atoms with Gasteiger partial charge >= 0.3 is 11.9 Å². The van der Waals surface area contributed by atoms with E-state index in [0.717, 1.165) is 5.56 Å². The van der Waals surface area contributed by atoms with Crippen molar-refractivity contribution in [1.82, 2.24) is 0 Å². The Morgan fingerprint density at radius 3 is 2.17 bits per heavy atom. The van der Waals surface area contributed by atoms with Crippen LogP contribution < -0.4 is 0 Å². The van der Waals surface area contributed by atoms with Gasteiger partial charge in [-0.1, -0.05) is 60.7 Å². The van der Waals surface area contributed by atoms with Gasteiger partial charge in [0.25, 0.3) is 0 Å². The molecule has 0 bridgehead atoms. The number of benzene rings is 2. The molecule has 0 radical (unpaired) electrons. The quantitative estimate of drug-likeness (QED) is 0.645. The third-order valence-corrected chi connectivity index (χ3v) is 3.48. The molecule has 1 heterocycles. The monoisotopic (exact) mass is 306 g/mol. The fourth-order valence-corrected chi connectivity index (χ4v) is 2.38. The molecule has 0 saturated carbocycles. The van der Waals surface area contributed by atoms with Gasteiger partial charge in [0.05, 0.1) is 12.7 Å². The van der Waals surface area contributed by atoms with Crippen LogP contribution in [0.4, 0.5) is 0 Å². The van der Waals surface area contributed by atoms with Crippen molar-refractivity contribution in [1.29, 1.82) is 0 Å². The molecule has 0 fully saturated rings. The van der Waals surface area contributed by atoms with Crippen LogP contribution in [0.1, 0.15) is 11.1 Å². The number of carbonyl (C=O) groups excluding carboxylic acids is 2. The predicted octanol–water partition coefficient (Wildman–Crippen LogP) is 3.21. The first-order valence-electron chi connectivity index (χ1n) is 7.08. The van der Waals surface area contributed by atoms with Crippen molar-refractivity contribution in [3.63, 3.8) is 0 Å². The molecular weight excluding hydrogens is 292 g/mol. The summed E-state index contributed by atoms with van der Waals surface area (Å²) in [6, 6.07) is 18.2. The highest BCUT2D eigenvalue weighted by molar-refractivity contribution is 6.24. The normalized spacial score (nSPS) is 15.7.